The Labute approximate surface area is 169 Å². The molecular formula is C22H26N2O3S. The number of amides is 2. The molecule has 2 amide bonds. The molecule has 5 nitrogen and oxygen atoms in total. The largest absolute Gasteiger partial charge is 0.381 e. The Morgan fingerprint density at radius 1 is 1.21 bits per heavy atom. The molecule has 2 saturated heterocycles. The Morgan fingerprint density at radius 2 is 1.96 bits per heavy atom. The molecule has 0 saturated carbocycles. The van der Waals surface area contributed by atoms with E-state index in [1.165, 1.54) is 0 Å². The van der Waals surface area contributed by atoms with Crippen molar-refractivity contribution in [3.8, 4) is 0 Å². The third-order valence-electron chi connectivity index (χ3n) is 6.06. The van der Waals surface area contributed by atoms with Gasteiger partial charge in [-0.25, -0.2) is 0 Å². The molecule has 0 aliphatic carbocycles. The SMILES string of the molecule is Cc1ccc(C(=O)N2C[C@@H](C(=O)NCc3cccs3)C3(CCOCC3)C2)cc1. The summed E-state index contributed by atoms with van der Waals surface area (Å²) in [5, 5.41) is 5.11. The highest BCUT2D eigenvalue weighted by Crippen LogP contribution is 2.44. The Balaban J connectivity index is 1.51. The van der Waals surface area contributed by atoms with Gasteiger partial charge in [0.25, 0.3) is 5.91 Å². The number of likely N-dealkylation sites (tertiary alicyclic amines) is 1. The quantitative estimate of drug-likeness (QED) is 0.860. The van der Waals surface area contributed by atoms with Gasteiger partial charge in [0.2, 0.25) is 5.91 Å². The molecule has 28 heavy (non-hydrogen) atoms. The molecule has 0 unspecified atom stereocenters. The van der Waals surface area contributed by atoms with Gasteiger partial charge in [-0.1, -0.05) is 23.8 Å². The third kappa shape index (κ3) is 3.84. The molecule has 4 rings (SSSR count). The Morgan fingerprint density at radius 3 is 2.64 bits per heavy atom. The van der Waals surface area contributed by atoms with Crippen LogP contribution in [0.25, 0.3) is 0 Å². The lowest BCUT2D eigenvalue weighted by molar-refractivity contribution is -0.130. The summed E-state index contributed by atoms with van der Waals surface area (Å²) < 4.78 is 5.56. The van der Waals surface area contributed by atoms with Gasteiger partial charge in [0.05, 0.1) is 12.5 Å². The van der Waals surface area contributed by atoms with Crippen LogP contribution in [0.2, 0.25) is 0 Å². The smallest absolute Gasteiger partial charge is 0.253 e. The molecular weight excluding hydrogens is 372 g/mol. The number of carbonyl (C=O) groups is 2. The molecule has 6 heteroatoms. The van der Waals surface area contributed by atoms with Gasteiger partial charge in [-0.2, -0.15) is 0 Å². The highest BCUT2D eigenvalue weighted by molar-refractivity contribution is 7.09. The fourth-order valence-electron chi connectivity index (χ4n) is 4.36. The maximum Gasteiger partial charge on any atom is 0.253 e. The van der Waals surface area contributed by atoms with Gasteiger partial charge in [0.15, 0.2) is 0 Å². The Kier molecular flexibility index (Phi) is 5.51. The van der Waals surface area contributed by atoms with Crippen molar-refractivity contribution in [2.45, 2.75) is 26.3 Å². The van der Waals surface area contributed by atoms with Crippen molar-refractivity contribution in [3.05, 3.63) is 57.8 Å². The van der Waals surface area contributed by atoms with Crippen LogP contribution in [0.3, 0.4) is 0 Å². The fourth-order valence-corrected chi connectivity index (χ4v) is 5.00. The zero-order valence-electron chi connectivity index (χ0n) is 16.1. The van der Waals surface area contributed by atoms with Gasteiger partial charge in [0, 0.05) is 42.2 Å². The molecule has 2 aliphatic heterocycles. The van der Waals surface area contributed by atoms with E-state index in [4.69, 9.17) is 4.74 Å². The topological polar surface area (TPSA) is 58.6 Å². The first-order valence-electron chi connectivity index (χ1n) is 9.81. The molecule has 1 atom stereocenters. The lowest BCUT2D eigenvalue weighted by Crippen LogP contribution is -2.44. The zero-order chi connectivity index (χ0) is 19.6. The molecule has 2 fully saturated rings. The van der Waals surface area contributed by atoms with E-state index in [9.17, 15) is 9.59 Å². The lowest BCUT2D eigenvalue weighted by atomic mass is 9.72. The van der Waals surface area contributed by atoms with Gasteiger partial charge in [-0.3, -0.25) is 9.59 Å². The maximum absolute atomic E-state index is 13.1. The molecule has 0 bridgehead atoms. The van der Waals surface area contributed by atoms with E-state index in [1.54, 1.807) is 11.3 Å². The number of hydrogen-bond acceptors (Lipinski definition) is 4. The maximum atomic E-state index is 13.1. The normalized spacial score (nSPS) is 21.0. The van der Waals surface area contributed by atoms with Crippen molar-refractivity contribution in [3.63, 3.8) is 0 Å². The average molecular weight is 399 g/mol. The first-order chi connectivity index (χ1) is 13.6. The summed E-state index contributed by atoms with van der Waals surface area (Å²) in [6.45, 7) is 4.96. The summed E-state index contributed by atoms with van der Waals surface area (Å²) in [5.74, 6) is -0.125. The molecule has 2 aromatic rings. The number of rotatable bonds is 4. The van der Waals surface area contributed by atoms with Crippen molar-refractivity contribution >= 4 is 23.2 Å². The van der Waals surface area contributed by atoms with E-state index in [0.717, 1.165) is 23.3 Å². The minimum atomic E-state index is -0.189. The van der Waals surface area contributed by atoms with Crippen molar-refractivity contribution in [1.82, 2.24) is 10.2 Å². The van der Waals surface area contributed by atoms with Crippen LogP contribution in [0.1, 0.15) is 33.6 Å². The van der Waals surface area contributed by atoms with Crippen molar-refractivity contribution in [2.75, 3.05) is 26.3 Å². The van der Waals surface area contributed by atoms with Crippen LogP contribution >= 0.6 is 11.3 Å². The molecule has 2 aliphatic rings. The summed E-state index contributed by atoms with van der Waals surface area (Å²) in [4.78, 5) is 29.1. The van der Waals surface area contributed by atoms with E-state index in [0.29, 0.717) is 38.4 Å². The van der Waals surface area contributed by atoms with E-state index in [1.807, 2.05) is 53.6 Å². The highest BCUT2D eigenvalue weighted by atomic mass is 32.1. The van der Waals surface area contributed by atoms with Gasteiger partial charge in [-0.15, -0.1) is 11.3 Å². The fraction of sp³-hybridized carbons (Fsp3) is 0.455. The van der Waals surface area contributed by atoms with Gasteiger partial charge in [0.1, 0.15) is 0 Å². The van der Waals surface area contributed by atoms with Gasteiger partial charge >= 0.3 is 0 Å². The lowest BCUT2D eigenvalue weighted by Gasteiger charge is -2.37. The second-order valence-corrected chi connectivity index (χ2v) is 8.91. The molecule has 0 radical (unpaired) electrons. The zero-order valence-corrected chi connectivity index (χ0v) is 17.0. The van der Waals surface area contributed by atoms with E-state index >= 15 is 0 Å². The molecule has 1 aromatic heterocycles. The van der Waals surface area contributed by atoms with Crippen LogP contribution in [0.15, 0.2) is 41.8 Å². The van der Waals surface area contributed by atoms with Crippen LogP contribution in [0.5, 0.6) is 0 Å². The molecule has 1 spiro atoms. The summed E-state index contributed by atoms with van der Waals surface area (Å²) in [5.41, 5.74) is 1.63. The van der Waals surface area contributed by atoms with Gasteiger partial charge < -0.3 is 15.0 Å². The molecule has 1 aromatic carbocycles. The first kappa shape index (κ1) is 19.2. The van der Waals surface area contributed by atoms with E-state index < -0.39 is 0 Å². The van der Waals surface area contributed by atoms with Crippen LogP contribution in [0.4, 0.5) is 0 Å². The van der Waals surface area contributed by atoms with Crippen LogP contribution in [0, 0.1) is 18.3 Å². The minimum absolute atomic E-state index is 0.0134. The second kappa shape index (κ2) is 8.05. The molecule has 1 N–H and O–H groups in total. The number of ether oxygens (including phenoxy) is 1. The number of hydrogen-bond donors (Lipinski definition) is 1. The minimum Gasteiger partial charge on any atom is -0.381 e. The predicted octanol–water partition coefficient (Wildman–Crippen LogP) is 3.24. The number of thiophene rings is 1. The Bertz CT molecular complexity index is 826. The summed E-state index contributed by atoms with van der Waals surface area (Å²) in [7, 11) is 0. The number of aryl methyl sites for hydroxylation is 1. The van der Waals surface area contributed by atoms with Gasteiger partial charge in [-0.05, 0) is 43.3 Å². The van der Waals surface area contributed by atoms with E-state index in [-0.39, 0.29) is 23.1 Å². The predicted molar refractivity (Wildman–Crippen MR) is 109 cm³/mol. The van der Waals surface area contributed by atoms with Crippen LogP contribution in [-0.2, 0) is 16.1 Å². The van der Waals surface area contributed by atoms with Crippen LogP contribution < -0.4 is 5.32 Å². The number of nitrogens with one attached hydrogen (secondary N) is 1. The number of benzene rings is 1. The molecule has 148 valence electrons. The Hall–Kier alpha value is -2.18. The van der Waals surface area contributed by atoms with Crippen molar-refractivity contribution in [1.29, 1.82) is 0 Å². The first-order valence-corrected chi connectivity index (χ1v) is 10.7. The number of nitrogens with zero attached hydrogens (tertiary/aromatic N) is 1. The summed E-state index contributed by atoms with van der Waals surface area (Å²) in [6, 6.07) is 11.7. The molecule has 3 heterocycles. The number of carbonyl (C=O) groups excluding carboxylic acids is 2. The standard InChI is InChI=1S/C22H26N2O3S/c1-16-4-6-17(7-5-16)21(26)24-14-19(22(15-24)8-10-27-11-9-22)20(25)23-13-18-3-2-12-28-18/h2-7,12,19H,8-11,13-15H2,1H3,(H,23,25)/t19-/m0/s1. The summed E-state index contributed by atoms with van der Waals surface area (Å²) >= 11 is 1.64. The van der Waals surface area contributed by atoms with Crippen molar-refractivity contribution in [2.24, 2.45) is 11.3 Å². The van der Waals surface area contributed by atoms with E-state index in [2.05, 4.69) is 5.32 Å². The van der Waals surface area contributed by atoms with Crippen LogP contribution in [-0.4, -0.2) is 43.0 Å². The third-order valence-corrected chi connectivity index (χ3v) is 6.93. The summed E-state index contributed by atoms with van der Waals surface area (Å²) in [6.07, 6.45) is 1.64. The average Bonchev–Trinajstić information content (AvgIpc) is 3.35. The second-order valence-electron chi connectivity index (χ2n) is 7.88. The monoisotopic (exact) mass is 398 g/mol. The highest BCUT2D eigenvalue weighted by Gasteiger charge is 2.51. The van der Waals surface area contributed by atoms with Crippen molar-refractivity contribution < 1.29 is 14.3 Å².